The zero-order valence-electron chi connectivity index (χ0n) is 15.7. The van der Waals surface area contributed by atoms with E-state index in [4.69, 9.17) is 0 Å². The lowest BCUT2D eigenvalue weighted by molar-refractivity contribution is -0.659. The molecule has 0 aliphatic carbocycles. The van der Waals surface area contributed by atoms with Crippen LogP contribution < -0.4 is 4.57 Å². The third-order valence-corrected chi connectivity index (χ3v) is 5.31. The number of hydrogen-bond donors (Lipinski definition) is 0. The Bertz CT molecular complexity index is 1100. The van der Waals surface area contributed by atoms with Crippen molar-refractivity contribution in [2.24, 2.45) is 14.1 Å². The van der Waals surface area contributed by atoms with Gasteiger partial charge in [-0.05, 0) is 34.0 Å². The minimum atomic E-state index is 0.501. The van der Waals surface area contributed by atoms with Crippen LogP contribution in [0.2, 0.25) is 0 Å². The molecule has 2 heteroatoms. The number of hydrogen-bond acceptors (Lipinski definition) is 0. The maximum Gasteiger partial charge on any atom is 0.289 e. The second kappa shape index (κ2) is 5.73. The highest BCUT2D eigenvalue weighted by atomic mass is 15.1. The first-order chi connectivity index (χ1) is 12.0. The fourth-order valence-electron chi connectivity index (χ4n) is 4.08. The van der Waals surface area contributed by atoms with Crippen LogP contribution in [0, 0.1) is 6.92 Å². The van der Waals surface area contributed by atoms with Crippen molar-refractivity contribution in [3.05, 3.63) is 66.0 Å². The molecule has 4 rings (SSSR count). The van der Waals surface area contributed by atoms with Crippen molar-refractivity contribution >= 4 is 21.5 Å². The van der Waals surface area contributed by atoms with Gasteiger partial charge in [0.1, 0.15) is 11.9 Å². The summed E-state index contributed by atoms with van der Waals surface area (Å²) in [4.78, 5) is 0. The summed E-state index contributed by atoms with van der Waals surface area (Å²) >= 11 is 0. The van der Waals surface area contributed by atoms with Gasteiger partial charge >= 0.3 is 0 Å². The average Bonchev–Trinajstić information content (AvgIpc) is 2.89. The number of nitrogens with zero attached hydrogens (tertiary/aromatic N) is 2. The van der Waals surface area contributed by atoms with E-state index in [1.54, 1.807) is 0 Å². The summed E-state index contributed by atoms with van der Waals surface area (Å²) < 4.78 is 4.62. The maximum atomic E-state index is 2.35. The van der Waals surface area contributed by atoms with Crippen LogP contribution >= 0.6 is 0 Å². The quantitative estimate of drug-likeness (QED) is 0.350. The Kier molecular flexibility index (Phi) is 3.64. The molecular formula is C23H25N2+. The summed E-state index contributed by atoms with van der Waals surface area (Å²) in [6.07, 6.45) is 2.26. The zero-order valence-corrected chi connectivity index (χ0v) is 15.7. The van der Waals surface area contributed by atoms with Crippen molar-refractivity contribution in [3.8, 4) is 11.4 Å². The fraction of sp³-hybridized carbons (Fsp3) is 0.261. The lowest BCUT2D eigenvalue weighted by atomic mass is 9.95. The number of rotatable bonds is 2. The summed E-state index contributed by atoms with van der Waals surface area (Å²) in [5.74, 6) is 1.77. The summed E-state index contributed by atoms with van der Waals surface area (Å²) in [5, 5.41) is 5.27. The molecule has 4 aromatic rings. The molecule has 2 nitrogen and oxygen atoms in total. The smallest absolute Gasteiger partial charge is 0.232 e. The molecule has 3 aromatic carbocycles. The van der Waals surface area contributed by atoms with Crippen molar-refractivity contribution in [2.75, 3.05) is 0 Å². The van der Waals surface area contributed by atoms with Crippen LogP contribution in [0.5, 0.6) is 0 Å². The minimum Gasteiger partial charge on any atom is -0.232 e. The Balaban J connectivity index is 2.12. The molecule has 1 heterocycles. The summed E-state index contributed by atoms with van der Waals surface area (Å²) in [6.45, 7) is 6.72. The highest BCUT2D eigenvalue weighted by molar-refractivity contribution is 6.12. The zero-order chi connectivity index (χ0) is 17.7. The van der Waals surface area contributed by atoms with Crippen LogP contribution in [0.4, 0.5) is 0 Å². The van der Waals surface area contributed by atoms with E-state index in [0.29, 0.717) is 5.92 Å². The summed E-state index contributed by atoms with van der Waals surface area (Å²) in [6, 6.07) is 17.7. The molecule has 0 radical (unpaired) electrons. The lowest BCUT2D eigenvalue weighted by Gasteiger charge is -2.11. The van der Waals surface area contributed by atoms with E-state index >= 15 is 0 Å². The van der Waals surface area contributed by atoms with Gasteiger partial charge in [-0.3, -0.25) is 0 Å². The molecule has 126 valence electrons. The van der Waals surface area contributed by atoms with Gasteiger partial charge in [-0.2, -0.15) is 0 Å². The predicted octanol–water partition coefficient (Wildman–Crippen LogP) is 5.25. The number of aromatic nitrogens is 2. The Hall–Kier alpha value is -2.61. The molecule has 0 atom stereocenters. The van der Waals surface area contributed by atoms with Gasteiger partial charge in [-0.15, -0.1) is 0 Å². The molecule has 0 N–H and O–H groups in total. The first-order valence-corrected chi connectivity index (χ1v) is 8.95. The molecule has 1 aromatic heterocycles. The van der Waals surface area contributed by atoms with Gasteiger partial charge in [-0.25, -0.2) is 9.13 Å². The Labute approximate surface area is 149 Å². The monoisotopic (exact) mass is 329 g/mol. The molecule has 0 saturated heterocycles. The number of aryl methyl sites for hydroxylation is 2. The number of imidazole rings is 1. The first-order valence-electron chi connectivity index (χ1n) is 8.95. The summed E-state index contributed by atoms with van der Waals surface area (Å²) in [5.41, 5.74) is 4.00. The third kappa shape index (κ3) is 2.36. The molecule has 0 spiro atoms. The molecule has 0 amide bonds. The van der Waals surface area contributed by atoms with E-state index in [9.17, 15) is 0 Å². The Morgan fingerprint density at radius 3 is 2.32 bits per heavy atom. The van der Waals surface area contributed by atoms with E-state index in [1.165, 1.54) is 44.2 Å². The number of benzene rings is 3. The second-order valence-corrected chi connectivity index (χ2v) is 7.34. The van der Waals surface area contributed by atoms with E-state index in [1.807, 2.05) is 0 Å². The van der Waals surface area contributed by atoms with Crippen LogP contribution in [-0.2, 0) is 14.1 Å². The van der Waals surface area contributed by atoms with Gasteiger partial charge in [-0.1, -0.05) is 62.4 Å². The molecule has 0 aliphatic rings. The highest BCUT2D eigenvalue weighted by Gasteiger charge is 2.25. The van der Waals surface area contributed by atoms with Gasteiger partial charge in [0.05, 0.1) is 19.7 Å². The standard InChI is InChI=1S/C23H25N2/c1-15(2)21-14-24(4)23(25(21)5)22-16(3)10-12-19-18-9-7-6-8-17(18)11-13-20(19)22/h6-15H,1-5H3/q+1. The molecule has 0 aliphatic heterocycles. The van der Waals surface area contributed by atoms with Gasteiger partial charge < -0.3 is 0 Å². The predicted molar refractivity (Wildman–Crippen MR) is 106 cm³/mol. The second-order valence-electron chi connectivity index (χ2n) is 7.34. The molecule has 0 saturated carbocycles. The Morgan fingerprint density at radius 1 is 0.880 bits per heavy atom. The minimum absolute atomic E-state index is 0.501. The molecular weight excluding hydrogens is 304 g/mol. The van der Waals surface area contributed by atoms with Crippen molar-refractivity contribution < 1.29 is 4.57 Å². The number of fused-ring (bicyclic) bond motifs is 3. The van der Waals surface area contributed by atoms with Crippen molar-refractivity contribution in [2.45, 2.75) is 26.7 Å². The van der Waals surface area contributed by atoms with E-state index in [2.05, 4.69) is 98.7 Å². The van der Waals surface area contributed by atoms with Crippen LogP contribution in [0.1, 0.15) is 31.0 Å². The van der Waals surface area contributed by atoms with E-state index < -0.39 is 0 Å². The average molecular weight is 329 g/mol. The van der Waals surface area contributed by atoms with Gasteiger partial charge in [0.2, 0.25) is 0 Å². The van der Waals surface area contributed by atoms with E-state index in [-0.39, 0.29) is 0 Å². The van der Waals surface area contributed by atoms with E-state index in [0.717, 1.165) is 0 Å². The molecule has 0 unspecified atom stereocenters. The van der Waals surface area contributed by atoms with Gasteiger partial charge in [0, 0.05) is 5.92 Å². The van der Waals surface area contributed by atoms with Crippen LogP contribution in [0.3, 0.4) is 0 Å². The molecule has 25 heavy (non-hydrogen) atoms. The van der Waals surface area contributed by atoms with Crippen LogP contribution in [-0.4, -0.2) is 4.57 Å². The van der Waals surface area contributed by atoms with Crippen molar-refractivity contribution in [1.82, 2.24) is 4.57 Å². The van der Waals surface area contributed by atoms with Crippen molar-refractivity contribution in [3.63, 3.8) is 0 Å². The molecule has 0 fully saturated rings. The summed E-state index contributed by atoms with van der Waals surface area (Å²) in [7, 11) is 4.34. The Morgan fingerprint density at radius 2 is 1.60 bits per heavy atom. The molecule has 0 bridgehead atoms. The van der Waals surface area contributed by atoms with Crippen molar-refractivity contribution in [1.29, 1.82) is 0 Å². The van der Waals surface area contributed by atoms with Gasteiger partial charge in [0.15, 0.2) is 0 Å². The first kappa shape index (κ1) is 15.9. The largest absolute Gasteiger partial charge is 0.289 e. The SMILES string of the molecule is Cc1ccc2c(ccc3ccccc32)c1-c1n(C)c(C(C)C)c[n+]1C. The van der Waals surface area contributed by atoms with Gasteiger partial charge in [0.25, 0.3) is 5.82 Å². The topological polar surface area (TPSA) is 8.81 Å². The maximum absolute atomic E-state index is 2.35. The van der Waals surface area contributed by atoms with Crippen LogP contribution in [0.15, 0.2) is 54.7 Å². The third-order valence-electron chi connectivity index (χ3n) is 5.31. The fourth-order valence-corrected chi connectivity index (χ4v) is 4.08. The normalized spacial score (nSPS) is 11.8. The highest BCUT2D eigenvalue weighted by Crippen LogP contribution is 2.35. The van der Waals surface area contributed by atoms with Crippen LogP contribution in [0.25, 0.3) is 32.9 Å². The lowest BCUT2D eigenvalue weighted by Crippen LogP contribution is -2.29.